The molecule has 1 aromatic rings. The molecule has 5 heteroatoms. The second kappa shape index (κ2) is 6.81. The third-order valence-corrected chi connectivity index (χ3v) is 3.93. The zero-order chi connectivity index (χ0) is 14.5. The molecule has 1 N–H and O–H groups in total. The molecule has 2 heterocycles. The minimum Gasteiger partial charge on any atom is -0.480 e. The monoisotopic (exact) mass is 277 g/mol. The highest BCUT2D eigenvalue weighted by Gasteiger charge is 2.32. The fourth-order valence-corrected chi connectivity index (χ4v) is 2.93. The maximum atomic E-state index is 11.6. The first-order valence-corrected chi connectivity index (χ1v) is 7.24. The van der Waals surface area contributed by atoms with Crippen LogP contribution in [0.25, 0.3) is 0 Å². The zero-order valence-corrected chi connectivity index (χ0v) is 12.2. The molecule has 2 unspecified atom stereocenters. The summed E-state index contributed by atoms with van der Waals surface area (Å²) in [5.74, 6) is -0.785. The number of piperazine rings is 1. The lowest BCUT2D eigenvalue weighted by Gasteiger charge is -2.42. The molecule has 1 aliphatic rings. The first-order valence-electron chi connectivity index (χ1n) is 7.24. The van der Waals surface area contributed by atoms with Gasteiger partial charge in [0.2, 0.25) is 0 Å². The van der Waals surface area contributed by atoms with Crippen LogP contribution in [0, 0.1) is 0 Å². The minimum atomic E-state index is -0.785. The number of carboxylic acid groups (broad SMARTS) is 1. The second-order valence-electron chi connectivity index (χ2n) is 5.40. The average molecular weight is 277 g/mol. The highest BCUT2D eigenvalue weighted by molar-refractivity contribution is 5.75. The Morgan fingerprint density at radius 1 is 1.45 bits per heavy atom. The van der Waals surface area contributed by atoms with Crippen LogP contribution in [0.4, 0.5) is 0 Å². The van der Waals surface area contributed by atoms with E-state index in [4.69, 9.17) is 0 Å². The number of hydrogen-bond acceptors (Lipinski definition) is 4. The number of pyridine rings is 1. The SMILES string of the molecule is CCCN1CCN(C(C(=O)O)c2ccncc2)CC1C. The maximum absolute atomic E-state index is 11.6. The molecule has 0 aromatic carbocycles. The standard InChI is InChI=1S/C15H23N3O2/c1-3-8-17-9-10-18(11-12(17)2)14(15(19)20)13-4-6-16-7-5-13/h4-7,12,14H,3,8-11H2,1-2H3,(H,19,20). The van der Waals surface area contributed by atoms with E-state index in [0.717, 1.165) is 38.2 Å². The van der Waals surface area contributed by atoms with Gasteiger partial charge < -0.3 is 5.11 Å². The van der Waals surface area contributed by atoms with Crippen molar-refractivity contribution >= 4 is 5.97 Å². The Morgan fingerprint density at radius 3 is 2.70 bits per heavy atom. The lowest BCUT2D eigenvalue weighted by molar-refractivity contribution is -0.144. The van der Waals surface area contributed by atoms with Crippen molar-refractivity contribution < 1.29 is 9.90 Å². The summed E-state index contributed by atoms with van der Waals surface area (Å²) in [5, 5.41) is 9.56. The highest BCUT2D eigenvalue weighted by atomic mass is 16.4. The number of nitrogens with zero attached hydrogens (tertiary/aromatic N) is 3. The Hall–Kier alpha value is -1.46. The molecule has 0 radical (unpaired) electrons. The summed E-state index contributed by atoms with van der Waals surface area (Å²) in [4.78, 5) is 20.1. The average Bonchev–Trinajstić information content (AvgIpc) is 2.43. The Labute approximate surface area is 120 Å². The van der Waals surface area contributed by atoms with Gasteiger partial charge in [0.25, 0.3) is 0 Å². The summed E-state index contributed by atoms with van der Waals surface area (Å²) < 4.78 is 0. The number of aliphatic carboxylic acids is 1. The lowest BCUT2D eigenvalue weighted by Crippen LogP contribution is -2.53. The van der Waals surface area contributed by atoms with Crippen LogP contribution in [0.1, 0.15) is 31.9 Å². The van der Waals surface area contributed by atoms with Crippen molar-refractivity contribution in [3.8, 4) is 0 Å². The van der Waals surface area contributed by atoms with Crippen molar-refractivity contribution in [2.75, 3.05) is 26.2 Å². The molecular formula is C15H23N3O2. The van der Waals surface area contributed by atoms with Gasteiger partial charge in [-0.3, -0.25) is 19.6 Å². The number of rotatable bonds is 5. The normalized spacial score (nSPS) is 22.6. The molecule has 1 aromatic heterocycles. The van der Waals surface area contributed by atoms with E-state index in [-0.39, 0.29) is 0 Å². The Balaban J connectivity index is 2.11. The van der Waals surface area contributed by atoms with Gasteiger partial charge >= 0.3 is 5.97 Å². The van der Waals surface area contributed by atoms with Crippen LogP contribution in [-0.4, -0.2) is 58.1 Å². The van der Waals surface area contributed by atoms with Crippen LogP contribution < -0.4 is 0 Å². The summed E-state index contributed by atoms with van der Waals surface area (Å²) in [7, 11) is 0. The van der Waals surface area contributed by atoms with Gasteiger partial charge in [0.1, 0.15) is 6.04 Å². The van der Waals surface area contributed by atoms with Gasteiger partial charge in [0.05, 0.1) is 0 Å². The van der Waals surface area contributed by atoms with Crippen molar-refractivity contribution in [2.45, 2.75) is 32.4 Å². The molecule has 2 atom stereocenters. The van der Waals surface area contributed by atoms with E-state index in [0.29, 0.717) is 6.04 Å². The molecule has 0 bridgehead atoms. The van der Waals surface area contributed by atoms with Crippen LogP contribution in [-0.2, 0) is 4.79 Å². The van der Waals surface area contributed by atoms with Gasteiger partial charge in [-0.25, -0.2) is 0 Å². The molecule has 2 rings (SSSR count). The van der Waals surface area contributed by atoms with Crippen molar-refractivity contribution in [3.63, 3.8) is 0 Å². The Bertz CT molecular complexity index is 438. The van der Waals surface area contributed by atoms with Crippen LogP contribution in [0.2, 0.25) is 0 Å². The molecule has 1 aliphatic heterocycles. The molecule has 1 saturated heterocycles. The Kier molecular flexibility index (Phi) is 5.09. The minimum absolute atomic E-state index is 0.396. The molecule has 1 fully saturated rings. The molecule has 0 spiro atoms. The predicted molar refractivity (Wildman–Crippen MR) is 77.5 cm³/mol. The molecule has 0 aliphatic carbocycles. The summed E-state index contributed by atoms with van der Waals surface area (Å²) in [5.41, 5.74) is 0.809. The maximum Gasteiger partial charge on any atom is 0.325 e. The number of carboxylic acids is 1. The molecule has 5 nitrogen and oxygen atoms in total. The van der Waals surface area contributed by atoms with E-state index in [2.05, 4.69) is 28.6 Å². The lowest BCUT2D eigenvalue weighted by atomic mass is 10.0. The summed E-state index contributed by atoms with van der Waals surface area (Å²) in [6, 6.07) is 3.42. The van der Waals surface area contributed by atoms with E-state index in [1.807, 2.05) is 0 Å². The van der Waals surface area contributed by atoms with E-state index >= 15 is 0 Å². The van der Waals surface area contributed by atoms with E-state index < -0.39 is 12.0 Å². The van der Waals surface area contributed by atoms with E-state index in [9.17, 15) is 9.90 Å². The fraction of sp³-hybridized carbons (Fsp3) is 0.600. The zero-order valence-electron chi connectivity index (χ0n) is 12.2. The van der Waals surface area contributed by atoms with Crippen LogP contribution >= 0.6 is 0 Å². The first kappa shape index (κ1) is 14.9. The molecular weight excluding hydrogens is 254 g/mol. The predicted octanol–water partition coefficient (Wildman–Crippen LogP) is 1.62. The van der Waals surface area contributed by atoms with Crippen LogP contribution in [0.3, 0.4) is 0 Å². The summed E-state index contributed by atoms with van der Waals surface area (Å²) in [6.07, 6.45) is 4.45. The fourth-order valence-electron chi connectivity index (χ4n) is 2.93. The first-order chi connectivity index (χ1) is 9.63. The van der Waals surface area contributed by atoms with Gasteiger partial charge in [0.15, 0.2) is 0 Å². The van der Waals surface area contributed by atoms with Crippen LogP contribution in [0.15, 0.2) is 24.5 Å². The second-order valence-corrected chi connectivity index (χ2v) is 5.40. The van der Waals surface area contributed by atoms with Crippen molar-refractivity contribution in [2.24, 2.45) is 0 Å². The number of hydrogen-bond donors (Lipinski definition) is 1. The van der Waals surface area contributed by atoms with Crippen LogP contribution in [0.5, 0.6) is 0 Å². The quantitative estimate of drug-likeness (QED) is 0.886. The third-order valence-electron chi connectivity index (χ3n) is 3.93. The summed E-state index contributed by atoms with van der Waals surface area (Å²) in [6.45, 7) is 7.96. The van der Waals surface area contributed by atoms with Gasteiger partial charge in [0, 0.05) is 38.1 Å². The smallest absolute Gasteiger partial charge is 0.325 e. The van der Waals surface area contributed by atoms with Crippen molar-refractivity contribution in [1.82, 2.24) is 14.8 Å². The van der Waals surface area contributed by atoms with E-state index in [1.165, 1.54) is 0 Å². The topological polar surface area (TPSA) is 56.7 Å². The van der Waals surface area contributed by atoms with Crippen molar-refractivity contribution in [3.05, 3.63) is 30.1 Å². The molecule has 20 heavy (non-hydrogen) atoms. The Morgan fingerprint density at radius 2 is 2.15 bits per heavy atom. The van der Waals surface area contributed by atoms with Gasteiger partial charge in [-0.2, -0.15) is 0 Å². The highest BCUT2D eigenvalue weighted by Crippen LogP contribution is 2.24. The van der Waals surface area contributed by atoms with Gasteiger partial charge in [-0.1, -0.05) is 6.92 Å². The van der Waals surface area contributed by atoms with Crippen molar-refractivity contribution in [1.29, 1.82) is 0 Å². The molecule has 110 valence electrons. The van der Waals surface area contributed by atoms with E-state index in [1.54, 1.807) is 24.5 Å². The summed E-state index contributed by atoms with van der Waals surface area (Å²) >= 11 is 0. The third kappa shape index (κ3) is 3.35. The molecule has 0 amide bonds. The molecule has 0 saturated carbocycles. The van der Waals surface area contributed by atoms with Gasteiger partial charge in [-0.05, 0) is 37.6 Å². The number of carbonyl (C=O) groups is 1. The number of aromatic nitrogens is 1. The largest absolute Gasteiger partial charge is 0.480 e. The van der Waals surface area contributed by atoms with Gasteiger partial charge in [-0.15, -0.1) is 0 Å².